The summed E-state index contributed by atoms with van der Waals surface area (Å²) in [6.07, 6.45) is 9.86. The molecule has 0 saturated carbocycles. The quantitative estimate of drug-likeness (QED) is 0.573. The van der Waals surface area contributed by atoms with Gasteiger partial charge in [0.25, 0.3) is 0 Å². The Morgan fingerprint density at radius 3 is 2.85 bits per heavy atom. The molecule has 2 unspecified atom stereocenters. The fourth-order valence-corrected chi connectivity index (χ4v) is 6.31. The lowest BCUT2D eigenvalue weighted by Gasteiger charge is -2.41. The number of ether oxygens (including phenoxy) is 1. The van der Waals surface area contributed by atoms with Gasteiger partial charge in [-0.3, -0.25) is 9.59 Å². The molecule has 3 aliphatic heterocycles. The van der Waals surface area contributed by atoms with Crippen molar-refractivity contribution in [3.8, 4) is 0 Å². The van der Waals surface area contributed by atoms with Gasteiger partial charge in [-0.25, -0.2) is 0 Å². The Morgan fingerprint density at radius 1 is 1.18 bits per heavy atom. The van der Waals surface area contributed by atoms with Crippen molar-refractivity contribution in [3.63, 3.8) is 0 Å². The lowest BCUT2D eigenvalue weighted by Crippen LogP contribution is -2.41. The fourth-order valence-electron chi connectivity index (χ4n) is 6.31. The minimum absolute atomic E-state index is 0.0364. The van der Waals surface area contributed by atoms with Crippen LogP contribution in [0.5, 0.6) is 0 Å². The Bertz CT molecular complexity index is 1390. The predicted molar refractivity (Wildman–Crippen MR) is 135 cm³/mol. The number of aryl methyl sites for hydroxylation is 1. The molecule has 3 heterocycles. The van der Waals surface area contributed by atoms with Crippen molar-refractivity contribution in [1.29, 1.82) is 0 Å². The molecular formula is C30H29NO3. The summed E-state index contributed by atoms with van der Waals surface area (Å²) in [5.74, 6) is 0.923. The Labute approximate surface area is 200 Å². The number of carbonyl (C=O) groups is 2. The Kier molecular flexibility index (Phi) is 4.70. The van der Waals surface area contributed by atoms with Crippen LogP contribution in [0.25, 0.3) is 10.8 Å². The highest BCUT2D eigenvalue weighted by atomic mass is 16.5. The summed E-state index contributed by atoms with van der Waals surface area (Å²) in [6.45, 7) is 7.25. The van der Waals surface area contributed by atoms with Crippen LogP contribution in [0.15, 0.2) is 77.2 Å². The van der Waals surface area contributed by atoms with Crippen LogP contribution in [-0.4, -0.2) is 24.2 Å². The van der Waals surface area contributed by atoms with E-state index in [2.05, 4.69) is 62.1 Å². The highest BCUT2D eigenvalue weighted by Gasteiger charge is 2.50. The normalized spacial score (nSPS) is 24.7. The summed E-state index contributed by atoms with van der Waals surface area (Å²) >= 11 is 0. The van der Waals surface area contributed by atoms with Gasteiger partial charge in [-0.2, -0.15) is 0 Å². The maximum atomic E-state index is 13.2. The maximum Gasteiger partial charge on any atom is 0.182 e. The number of hydrogen-bond acceptors (Lipinski definition) is 4. The van der Waals surface area contributed by atoms with Gasteiger partial charge in [0.15, 0.2) is 5.78 Å². The maximum absolute atomic E-state index is 13.2. The van der Waals surface area contributed by atoms with Crippen LogP contribution in [0.3, 0.4) is 0 Å². The van der Waals surface area contributed by atoms with Crippen molar-refractivity contribution in [2.45, 2.75) is 58.0 Å². The second kappa shape index (κ2) is 7.56. The van der Waals surface area contributed by atoms with Crippen molar-refractivity contribution in [2.75, 3.05) is 11.4 Å². The van der Waals surface area contributed by atoms with Gasteiger partial charge in [0, 0.05) is 59.8 Å². The molecule has 34 heavy (non-hydrogen) atoms. The molecule has 0 bridgehead atoms. The smallest absolute Gasteiger partial charge is 0.182 e. The zero-order valence-corrected chi connectivity index (χ0v) is 20.0. The number of fused-ring (bicyclic) bond motifs is 7. The van der Waals surface area contributed by atoms with E-state index in [0.29, 0.717) is 24.4 Å². The summed E-state index contributed by atoms with van der Waals surface area (Å²) < 4.78 is 6.37. The van der Waals surface area contributed by atoms with Crippen molar-refractivity contribution in [3.05, 3.63) is 88.4 Å². The first-order chi connectivity index (χ1) is 16.4. The predicted octanol–water partition coefficient (Wildman–Crippen LogP) is 5.99. The average molecular weight is 452 g/mol. The molecule has 4 heteroatoms. The third kappa shape index (κ3) is 3.04. The first-order valence-electron chi connectivity index (χ1n) is 12.3. The topological polar surface area (TPSA) is 46.6 Å². The van der Waals surface area contributed by atoms with E-state index in [9.17, 15) is 9.59 Å². The molecule has 4 nitrogen and oxygen atoms in total. The van der Waals surface area contributed by atoms with Crippen molar-refractivity contribution >= 4 is 28.0 Å². The van der Waals surface area contributed by atoms with E-state index >= 15 is 0 Å². The van der Waals surface area contributed by atoms with Crippen LogP contribution in [0.2, 0.25) is 0 Å². The number of hydrogen-bond donors (Lipinski definition) is 0. The molecule has 4 aliphatic rings. The summed E-state index contributed by atoms with van der Waals surface area (Å²) in [4.78, 5) is 27.5. The van der Waals surface area contributed by atoms with Crippen LogP contribution in [0.4, 0.5) is 5.69 Å². The minimum Gasteiger partial charge on any atom is -0.485 e. The second-order valence-corrected chi connectivity index (χ2v) is 10.2. The van der Waals surface area contributed by atoms with Crippen LogP contribution in [0.1, 0.15) is 50.7 Å². The van der Waals surface area contributed by atoms with E-state index in [1.807, 2.05) is 6.08 Å². The number of anilines is 1. The molecule has 0 N–H and O–H groups in total. The summed E-state index contributed by atoms with van der Waals surface area (Å²) in [5, 5.41) is 2.44. The standard InChI is InChI=1S/C30H29NO3/c1-4-5-22(33)17-30(3)28-23-10-6-18(2)14-19(23)8-11-25(28)31-13-12-26-24(29(30)31)15-20-7-9-21(32)16-27(20)34-26/h6-11,14-16,26H,4-5,12-13,17H2,1-3H3. The summed E-state index contributed by atoms with van der Waals surface area (Å²) in [5.41, 5.74) is 6.51. The van der Waals surface area contributed by atoms with E-state index in [4.69, 9.17) is 4.74 Å². The van der Waals surface area contributed by atoms with Gasteiger partial charge in [0.2, 0.25) is 0 Å². The molecule has 0 radical (unpaired) electrons. The lowest BCUT2D eigenvalue weighted by molar-refractivity contribution is -0.120. The number of benzene rings is 2. The van der Waals surface area contributed by atoms with Crippen LogP contribution in [0, 0.1) is 6.92 Å². The third-order valence-electron chi connectivity index (χ3n) is 7.67. The third-order valence-corrected chi connectivity index (χ3v) is 7.67. The SMILES string of the molecule is CCCC(=O)CC1(C)C2=C3C=C4C=CC(=O)C=C4OC3CCN2c2ccc3cc(C)ccc3c21. The average Bonchev–Trinajstić information content (AvgIpc) is 3.06. The van der Waals surface area contributed by atoms with Gasteiger partial charge < -0.3 is 9.64 Å². The van der Waals surface area contributed by atoms with E-state index in [0.717, 1.165) is 30.5 Å². The molecule has 0 amide bonds. The van der Waals surface area contributed by atoms with E-state index < -0.39 is 5.41 Å². The number of carbonyl (C=O) groups excluding carboxylic acids is 2. The van der Waals surface area contributed by atoms with Crippen LogP contribution in [-0.2, 0) is 19.7 Å². The minimum atomic E-state index is -0.444. The number of allylic oxidation sites excluding steroid dienone is 4. The first kappa shape index (κ1) is 21.2. The number of nitrogens with zero attached hydrogens (tertiary/aromatic N) is 1. The molecule has 172 valence electrons. The van der Waals surface area contributed by atoms with Gasteiger partial charge in [0.05, 0.1) is 0 Å². The first-order valence-corrected chi connectivity index (χ1v) is 12.3. The lowest BCUT2D eigenvalue weighted by atomic mass is 9.72. The Morgan fingerprint density at radius 2 is 2.03 bits per heavy atom. The highest BCUT2D eigenvalue weighted by molar-refractivity contribution is 6.02. The molecule has 0 spiro atoms. The van der Waals surface area contributed by atoms with Gasteiger partial charge in [-0.15, -0.1) is 0 Å². The molecule has 2 aromatic rings. The number of rotatable bonds is 4. The largest absolute Gasteiger partial charge is 0.485 e. The van der Waals surface area contributed by atoms with Crippen LogP contribution >= 0.6 is 0 Å². The molecule has 6 rings (SSSR count). The highest BCUT2D eigenvalue weighted by Crippen LogP contribution is 2.56. The van der Waals surface area contributed by atoms with Gasteiger partial charge in [-0.05, 0) is 60.9 Å². The van der Waals surface area contributed by atoms with E-state index in [1.54, 1.807) is 12.2 Å². The monoisotopic (exact) mass is 451 g/mol. The Balaban J connectivity index is 1.62. The summed E-state index contributed by atoms with van der Waals surface area (Å²) in [7, 11) is 0. The van der Waals surface area contributed by atoms with Gasteiger partial charge >= 0.3 is 0 Å². The molecule has 0 fully saturated rings. The van der Waals surface area contributed by atoms with Gasteiger partial charge in [0.1, 0.15) is 17.6 Å². The number of Topliss-reactive ketones (excluding diaryl/α,β-unsaturated/α-hetero) is 1. The Hall–Kier alpha value is -3.40. The molecule has 1 aliphatic carbocycles. The van der Waals surface area contributed by atoms with E-state index in [-0.39, 0.29) is 11.9 Å². The zero-order valence-electron chi connectivity index (χ0n) is 20.0. The summed E-state index contributed by atoms with van der Waals surface area (Å²) in [6, 6.07) is 11.1. The fraction of sp³-hybridized carbons (Fsp3) is 0.333. The molecule has 2 atom stereocenters. The van der Waals surface area contributed by atoms with Crippen molar-refractivity contribution in [1.82, 2.24) is 0 Å². The van der Waals surface area contributed by atoms with E-state index in [1.165, 1.54) is 33.3 Å². The van der Waals surface area contributed by atoms with Crippen LogP contribution < -0.4 is 4.90 Å². The van der Waals surface area contributed by atoms with Crippen molar-refractivity contribution in [2.24, 2.45) is 0 Å². The zero-order chi connectivity index (χ0) is 23.6. The van der Waals surface area contributed by atoms with Gasteiger partial charge in [-0.1, -0.05) is 36.8 Å². The number of ketones is 2. The molecule has 0 saturated heterocycles. The molecular weight excluding hydrogens is 422 g/mol. The molecule has 0 aromatic heterocycles. The second-order valence-electron chi connectivity index (χ2n) is 10.2. The van der Waals surface area contributed by atoms with Crippen molar-refractivity contribution < 1.29 is 14.3 Å². The molecule has 2 aromatic carbocycles.